The zero-order chi connectivity index (χ0) is 17.3. The van der Waals surface area contributed by atoms with Crippen LogP contribution in [0.4, 0.5) is 11.4 Å². The molecule has 25 heavy (non-hydrogen) atoms. The molecule has 2 aromatic rings. The fraction of sp³-hybridized carbons (Fsp3) is 0.350. The molecule has 4 rings (SSSR count). The Labute approximate surface area is 153 Å². The quantitative estimate of drug-likeness (QED) is 0.837. The average molecular weight is 356 g/mol. The van der Waals surface area contributed by atoms with Gasteiger partial charge in [0.15, 0.2) is 0 Å². The molecule has 0 saturated carbocycles. The first kappa shape index (κ1) is 16.4. The van der Waals surface area contributed by atoms with Crippen LogP contribution in [0.1, 0.15) is 24.0 Å². The smallest absolute Gasteiger partial charge is 0.129 e. The van der Waals surface area contributed by atoms with Crippen molar-refractivity contribution in [3.05, 3.63) is 58.6 Å². The number of aliphatic imine (C=N–C) groups is 1. The molecule has 1 fully saturated rings. The van der Waals surface area contributed by atoms with Gasteiger partial charge in [0.05, 0.1) is 16.9 Å². The van der Waals surface area contributed by atoms with Gasteiger partial charge in [-0.05, 0) is 30.2 Å². The minimum absolute atomic E-state index is 0.192. The van der Waals surface area contributed by atoms with Crippen LogP contribution < -0.4 is 10.6 Å². The van der Waals surface area contributed by atoms with Crippen molar-refractivity contribution < 1.29 is 4.74 Å². The molecule has 130 valence electrons. The van der Waals surface area contributed by atoms with Gasteiger partial charge in [0.25, 0.3) is 0 Å². The highest BCUT2D eigenvalue weighted by Crippen LogP contribution is 2.37. The number of ether oxygens (including phenoxy) is 1. The van der Waals surface area contributed by atoms with Crippen molar-refractivity contribution in [1.82, 2.24) is 5.32 Å². The Morgan fingerprint density at radius 1 is 1.16 bits per heavy atom. The second-order valence-corrected chi connectivity index (χ2v) is 7.08. The maximum atomic E-state index is 6.45. The number of para-hydroxylation sites is 2. The summed E-state index contributed by atoms with van der Waals surface area (Å²) in [5.74, 6) is 0.979. The van der Waals surface area contributed by atoms with Gasteiger partial charge in [-0.15, -0.1) is 0 Å². The Kier molecular flexibility index (Phi) is 4.40. The summed E-state index contributed by atoms with van der Waals surface area (Å²) in [6.45, 7) is 4.16. The van der Waals surface area contributed by atoms with Crippen LogP contribution in [0.15, 0.2) is 47.5 Å². The van der Waals surface area contributed by atoms with Crippen molar-refractivity contribution in [2.45, 2.75) is 31.8 Å². The zero-order valence-corrected chi connectivity index (χ0v) is 15.1. The normalized spacial score (nSPS) is 18.2. The van der Waals surface area contributed by atoms with Gasteiger partial charge < -0.3 is 15.4 Å². The Morgan fingerprint density at radius 2 is 1.96 bits per heavy atom. The van der Waals surface area contributed by atoms with E-state index in [1.807, 2.05) is 37.3 Å². The fourth-order valence-electron chi connectivity index (χ4n) is 3.54. The van der Waals surface area contributed by atoms with Crippen molar-refractivity contribution in [2.75, 3.05) is 18.5 Å². The maximum Gasteiger partial charge on any atom is 0.129 e. The molecule has 0 bridgehead atoms. The van der Waals surface area contributed by atoms with E-state index in [0.717, 1.165) is 59.4 Å². The van der Waals surface area contributed by atoms with Crippen LogP contribution >= 0.6 is 11.6 Å². The standard InChI is InChI=1S/C20H22ClN3O/c1-14-5-4-6-15(18(14)21)13-22-19-20(9-11-25-12-10-20)24-17-8-3-2-7-16(17)23-19/h2-8,24H,9-13H2,1H3,(H,22,23). The topological polar surface area (TPSA) is 45.7 Å². The van der Waals surface area contributed by atoms with E-state index in [2.05, 4.69) is 22.8 Å². The van der Waals surface area contributed by atoms with Gasteiger partial charge in [0.1, 0.15) is 5.84 Å². The van der Waals surface area contributed by atoms with E-state index in [9.17, 15) is 0 Å². The molecule has 2 aromatic carbocycles. The number of aryl methyl sites for hydroxylation is 1. The van der Waals surface area contributed by atoms with Gasteiger partial charge in [0.2, 0.25) is 0 Å². The van der Waals surface area contributed by atoms with E-state index >= 15 is 0 Å². The molecular formula is C20H22ClN3O. The van der Waals surface area contributed by atoms with Gasteiger partial charge in [-0.1, -0.05) is 41.9 Å². The molecule has 0 radical (unpaired) electrons. The highest BCUT2D eigenvalue weighted by Gasteiger charge is 2.40. The molecule has 1 saturated heterocycles. The lowest BCUT2D eigenvalue weighted by Gasteiger charge is -2.42. The largest absolute Gasteiger partial charge is 0.381 e. The van der Waals surface area contributed by atoms with Crippen molar-refractivity contribution in [2.24, 2.45) is 4.99 Å². The summed E-state index contributed by atoms with van der Waals surface area (Å²) in [6.07, 6.45) is 1.80. The predicted octanol–water partition coefficient (Wildman–Crippen LogP) is 4.44. The number of hydrogen-bond donors (Lipinski definition) is 2. The van der Waals surface area contributed by atoms with E-state index < -0.39 is 0 Å². The average Bonchev–Trinajstić information content (AvgIpc) is 2.64. The van der Waals surface area contributed by atoms with Gasteiger partial charge in [-0.25, -0.2) is 4.99 Å². The number of amidine groups is 1. The zero-order valence-electron chi connectivity index (χ0n) is 14.3. The first-order valence-electron chi connectivity index (χ1n) is 8.70. The lowest BCUT2D eigenvalue weighted by molar-refractivity contribution is 0.0771. The molecule has 0 aliphatic carbocycles. The molecular weight excluding hydrogens is 334 g/mol. The summed E-state index contributed by atoms with van der Waals surface area (Å²) in [5, 5.41) is 8.09. The molecule has 0 unspecified atom stereocenters. The third-order valence-electron chi connectivity index (χ3n) is 5.03. The van der Waals surface area contributed by atoms with Crippen molar-refractivity contribution in [3.63, 3.8) is 0 Å². The van der Waals surface area contributed by atoms with Crippen LogP contribution in [0.2, 0.25) is 5.02 Å². The predicted molar refractivity (Wildman–Crippen MR) is 103 cm³/mol. The first-order valence-corrected chi connectivity index (χ1v) is 9.08. The van der Waals surface area contributed by atoms with Crippen LogP contribution in [-0.2, 0) is 11.3 Å². The second-order valence-electron chi connectivity index (χ2n) is 6.70. The Morgan fingerprint density at radius 3 is 2.80 bits per heavy atom. The maximum absolute atomic E-state index is 6.45. The van der Waals surface area contributed by atoms with Gasteiger partial charge in [-0.3, -0.25) is 0 Å². The Hall–Kier alpha value is -2.04. The lowest BCUT2D eigenvalue weighted by Crippen LogP contribution is -2.56. The number of anilines is 1. The molecule has 2 N–H and O–H groups in total. The number of hydrogen-bond acceptors (Lipinski definition) is 4. The van der Waals surface area contributed by atoms with Crippen LogP contribution in [0.25, 0.3) is 0 Å². The summed E-state index contributed by atoms with van der Waals surface area (Å²) < 4.78 is 5.59. The van der Waals surface area contributed by atoms with Gasteiger partial charge in [-0.2, -0.15) is 0 Å². The van der Waals surface area contributed by atoms with Crippen LogP contribution in [0.3, 0.4) is 0 Å². The van der Waals surface area contributed by atoms with E-state index in [1.54, 1.807) is 0 Å². The molecule has 2 heterocycles. The third kappa shape index (κ3) is 3.12. The van der Waals surface area contributed by atoms with Gasteiger partial charge in [0, 0.05) is 37.6 Å². The highest BCUT2D eigenvalue weighted by molar-refractivity contribution is 6.32. The number of rotatable bonds is 2. The fourth-order valence-corrected chi connectivity index (χ4v) is 3.73. The van der Waals surface area contributed by atoms with Crippen molar-refractivity contribution >= 4 is 28.8 Å². The first-order chi connectivity index (χ1) is 12.2. The van der Waals surface area contributed by atoms with E-state index in [1.165, 1.54) is 0 Å². The molecule has 0 atom stereocenters. The van der Waals surface area contributed by atoms with E-state index in [-0.39, 0.29) is 5.54 Å². The summed E-state index contributed by atoms with van der Waals surface area (Å²) in [6, 6.07) is 14.3. The molecule has 2 aliphatic rings. The number of benzene rings is 2. The summed E-state index contributed by atoms with van der Waals surface area (Å²) >= 11 is 6.45. The van der Waals surface area contributed by atoms with Crippen LogP contribution in [0, 0.1) is 6.92 Å². The minimum Gasteiger partial charge on any atom is -0.381 e. The molecule has 5 heteroatoms. The molecule has 1 spiro atoms. The van der Waals surface area contributed by atoms with Crippen molar-refractivity contribution in [1.29, 1.82) is 0 Å². The Balaban J connectivity index is 1.64. The number of nitrogens with one attached hydrogen (secondary N) is 2. The summed E-state index contributed by atoms with van der Waals surface area (Å²) in [4.78, 5) is 4.93. The Bertz CT molecular complexity index is 812. The number of halogens is 1. The highest BCUT2D eigenvalue weighted by atomic mass is 35.5. The molecule has 4 nitrogen and oxygen atoms in total. The second kappa shape index (κ2) is 6.70. The molecule has 0 amide bonds. The van der Waals surface area contributed by atoms with E-state index in [4.69, 9.17) is 21.3 Å². The molecule has 2 aliphatic heterocycles. The SMILES string of the molecule is Cc1cccc(CNC2=Nc3ccccc3NC23CCOCC3)c1Cl. The summed E-state index contributed by atoms with van der Waals surface area (Å²) in [7, 11) is 0. The van der Waals surface area contributed by atoms with Crippen LogP contribution in [0.5, 0.6) is 0 Å². The summed E-state index contributed by atoms with van der Waals surface area (Å²) in [5.41, 5.74) is 4.05. The van der Waals surface area contributed by atoms with Crippen molar-refractivity contribution in [3.8, 4) is 0 Å². The number of nitrogens with zero attached hydrogens (tertiary/aromatic N) is 1. The monoisotopic (exact) mass is 355 g/mol. The van der Waals surface area contributed by atoms with E-state index in [0.29, 0.717) is 6.54 Å². The number of fused-ring (bicyclic) bond motifs is 1. The van der Waals surface area contributed by atoms with Crippen LogP contribution in [-0.4, -0.2) is 24.6 Å². The van der Waals surface area contributed by atoms with Gasteiger partial charge >= 0.3 is 0 Å². The molecule has 0 aromatic heterocycles. The lowest BCUT2D eigenvalue weighted by atomic mass is 9.86. The third-order valence-corrected chi connectivity index (χ3v) is 5.57. The minimum atomic E-state index is -0.192.